The van der Waals surface area contributed by atoms with E-state index < -0.39 is 6.10 Å². The van der Waals surface area contributed by atoms with Crippen molar-refractivity contribution in [2.75, 3.05) is 19.7 Å². The van der Waals surface area contributed by atoms with Crippen molar-refractivity contribution in [1.82, 2.24) is 10.3 Å². The fourth-order valence-corrected chi connectivity index (χ4v) is 2.59. The standard InChI is InChI=1S/C16H26N2O2/c19-15(13-20-16-4-2-1-3-5-16)12-18-11-8-14-6-9-17-10-7-14/h6-7,9-10,15-16,18-19H,1-5,8,11-13H2. The van der Waals surface area contributed by atoms with Crippen LogP contribution in [-0.2, 0) is 11.2 Å². The molecule has 0 bridgehead atoms. The molecular formula is C16H26N2O2. The molecule has 0 amide bonds. The molecule has 0 saturated heterocycles. The number of nitrogens with zero attached hydrogens (tertiary/aromatic N) is 1. The van der Waals surface area contributed by atoms with Gasteiger partial charge < -0.3 is 15.2 Å². The van der Waals surface area contributed by atoms with E-state index in [9.17, 15) is 5.11 Å². The topological polar surface area (TPSA) is 54.4 Å². The van der Waals surface area contributed by atoms with Crippen LogP contribution in [0.1, 0.15) is 37.7 Å². The van der Waals surface area contributed by atoms with Gasteiger partial charge in [0.25, 0.3) is 0 Å². The fourth-order valence-electron chi connectivity index (χ4n) is 2.59. The maximum absolute atomic E-state index is 9.88. The molecule has 0 aromatic carbocycles. The lowest BCUT2D eigenvalue weighted by Crippen LogP contribution is -2.33. The van der Waals surface area contributed by atoms with Crippen LogP contribution < -0.4 is 5.32 Å². The predicted molar refractivity (Wildman–Crippen MR) is 79.6 cm³/mol. The molecule has 20 heavy (non-hydrogen) atoms. The molecule has 1 saturated carbocycles. The van der Waals surface area contributed by atoms with Gasteiger partial charge in [-0.15, -0.1) is 0 Å². The maximum atomic E-state index is 9.88. The lowest BCUT2D eigenvalue weighted by molar-refractivity contribution is -0.0228. The van der Waals surface area contributed by atoms with Gasteiger partial charge in [0.05, 0.1) is 18.8 Å². The number of ether oxygens (including phenoxy) is 1. The molecular weight excluding hydrogens is 252 g/mol. The second kappa shape index (κ2) is 9.06. The van der Waals surface area contributed by atoms with Crippen LogP contribution in [0.5, 0.6) is 0 Å². The molecule has 1 fully saturated rings. The van der Waals surface area contributed by atoms with Crippen LogP contribution in [0.3, 0.4) is 0 Å². The summed E-state index contributed by atoms with van der Waals surface area (Å²) in [4.78, 5) is 3.99. The van der Waals surface area contributed by atoms with E-state index in [4.69, 9.17) is 4.74 Å². The minimum absolute atomic E-state index is 0.371. The summed E-state index contributed by atoms with van der Waals surface area (Å²) in [7, 11) is 0. The third-order valence-corrected chi connectivity index (χ3v) is 3.80. The van der Waals surface area contributed by atoms with Crippen LogP contribution in [0.2, 0.25) is 0 Å². The van der Waals surface area contributed by atoms with Crippen LogP contribution in [0.15, 0.2) is 24.5 Å². The van der Waals surface area contributed by atoms with Gasteiger partial charge in [0.15, 0.2) is 0 Å². The maximum Gasteiger partial charge on any atom is 0.0897 e. The van der Waals surface area contributed by atoms with E-state index in [-0.39, 0.29) is 0 Å². The zero-order valence-electron chi connectivity index (χ0n) is 12.1. The van der Waals surface area contributed by atoms with Gasteiger partial charge in [0.2, 0.25) is 0 Å². The van der Waals surface area contributed by atoms with Crippen molar-refractivity contribution in [2.24, 2.45) is 0 Å². The monoisotopic (exact) mass is 278 g/mol. The number of aliphatic hydroxyl groups excluding tert-OH is 1. The van der Waals surface area contributed by atoms with Gasteiger partial charge >= 0.3 is 0 Å². The van der Waals surface area contributed by atoms with Crippen molar-refractivity contribution in [3.8, 4) is 0 Å². The Hall–Kier alpha value is -0.970. The first-order valence-corrected chi connectivity index (χ1v) is 7.74. The molecule has 1 heterocycles. The predicted octanol–water partition coefficient (Wildman–Crippen LogP) is 1.92. The molecule has 112 valence electrons. The Morgan fingerprint density at radius 1 is 1.25 bits per heavy atom. The highest BCUT2D eigenvalue weighted by atomic mass is 16.5. The zero-order chi connectivity index (χ0) is 14.0. The molecule has 1 aromatic rings. The summed E-state index contributed by atoms with van der Waals surface area (Å²) in [5.41, 5.74) is 1.26. The molecule has 1 aliphatic carbocycles. The van der Waals surface area contributed by atoms with E-state index in [1.54, 1.807) is 0 Å². The number of hydrogen-bond donors (Lipinski definition) is 2. The highest BCUT2D eigenvalue weighted by Gasteiger charge is 2.15. The Kier molecular flexibility index (Phi) is 6.98. The van der Waals surface area contributed by atoms with Gasteiger partial charge in [-0.25, -0.2) is 0 Å². The van der Waals surface area contributed by atoms with Crippen molar-refractivity contribution >= 4 is 0 Å². The second-order valence-corrected chi connectivity index (χ2v) is 5.56. The Bertz CT molecular complexity index is 353. The van der Waals surface area contributed by atoms with Crippen molar-refractivity contribution < 1.29 is 9.84 Å². The van der Waals surface area contributed by atoms with Gasteiger partial charge in [-0.3, -0.25) is 4.98 Å². The van der Waals surface area contributed by atoms with Gasteiger partial charge in [-0.2, -0.15) is 0 Å². The molecule has 1 atom stereocenters. The molecule has 4 nitrogen and oxygen atoms in total. The van der Waals surface area contributed by atoms with E-state index in [1.807, 2.05) is 24.5 Å². The van der Waals surface area contributed by atoms with Crippen LogP contribution >= 0.6 is 0 Å². The van der Waals surface area contributed by atoms with Gasteiger partial charge in [0, 0.05) is 18.9 Å². The molecule has 0 radical (unpaired) electrons. The normalized spacial score (nSPS) is 18.1. The van der Waals surface area contributed by atoms with Crippen LogP contribution in [0.25, 0.3) is 0 Å². The Morgan fingerprint density at radius 2 is 2.00 bits per heavy atom. The number of nitrogens with one attached hydrogen (secondary N) is 1. The first kappa shape index (κ1) is 15.4. The molecule has 2 rings (SSSR count). The summed E-state index contributed by atoms with van der Waals surface area (Å²) in [6, 6.07) is 4.04. The SMILES string of the molecule is OC(CNCCc1ccncc1)COC1CCCCC1. The average Bonchev–Trinajstić information content (AvgIpc) is 2.52. The van der Waals surface area contributed by atoms with E-state index in [0.717, 1.165) is 25.8 Å². The average molecular weight is 278 g/mol. The number of aliphatic hydroxyl groups is 1. The Balaban J connectivity index is 1.50. The molecule has 1 aliphatic rings. The molecule has 1 aromatic heterocycles. The van der Waals surface area contributed by atoms with E-state index in [2.05, 4.69) is 10.3 Å². The summed E-state index contributed by atoms with van der Waals surface area (Å²) in [6.45, 7) is 1.91. The third-order valence-electron chi connectivity index (χ3n) is 3.80. The van der Waals surface area contributed by atoms with Crippen LogP contribution in [0.4, 0.5) is 0 Å². The lowest BCUT2D eigenvalue weighted by atomic mass is 9.98. The van der Waals surface area contributed by atoms with Crippen LogP contribution in [-0.4, -0.2) is 42.0 Å². The van der Waals surface area contributed by atoms with Gasteiger partial charge in [-0.1, -0.05) is 19.3 Å². The minimum Gasteiger partial charge on any atom is -0.389 e. The first-order valence-electron chi connectivity index (χ1n) is 7.74. The molecule has 0 spiro atoms. The summed E-state index contributed by atoms with van der Waals surface area (Å²) in [5.74, 6) is 0. The van der Waals surface area contributed by atoms with Crippen molar-refractivity contribution in [2.45, 2.75) is 50.7 Å². The Morgan fingerprint density at radius 3 is 2.75 bits per heavy atom. The second-order valence-electron chi connectivity index (χ2n) is 5.56. The summed E-state index contributed by atoms with van der Waals surface area (Å²) in [6.07, 6.45) is 10.7. The van der Waals surface area contributed by atoms with Crippen molar-refractivity contribution in [3.05, 3.63) is 30.1 Å². The third kappa shape index (κ3) is 5.99. The number of hydrogen-bond acceptors (Lipinski definition) is 4. The summed E-state index contributed by atoms with van der Waals surface area (Å²) >= 11 is 0. The molecule has 0 aliphatic heterocycles. The zero-order valence-corrected chi connectivity index (χ0v) is 12.1. The smallest absolute Gasteiger partial charge is 0.0897 e. The minimum atomic E-state index is -0.408. The first-order chi connectivity index (χ1) is 9.84. The highest BCUT2D eigenvalue weighted by Crippen LogP contribution is 2.20. The van der Waals surface area contributed by atoms with Gasteiger partial charge in [0.1, 0.15) is 0 Å². The van der Waals surface area contributed by atoms with Crippen molar-refractivity contribution in [3.63, 3.8) is 0 Å². The van der Waals surface area contributed by atoms with E-state index in [0.29, 0.717) is 19.3 Å². The summed E-state index contributed by atoms with van der Waals surface area (Å²) in [5, 5.41) is 13.2. The lowest BCUT2D eigenvalue weighted by Gasteiger charge is -2.23. The molecule has 4 heteroatoms. The number of rotatable bonds is 8. The molecule has 2 N–H and O–H groups in total. The quantitative estimate of drug-likeness (QED) is 0.713. The number of pyridine rings is 1. The van der Waals surface area contributed by atoms with Gasteiger partial charge in [-0.05, 0) is 43.5 Å². The fraction of sp³-hybridized carbons (Fsp3) is 0.688. The van der Waals surface area contributed by atoms with Crippen LogP contribution in [0, 0.1) is 0 Å². The number of aromatic nitrogens is 1. The summed E-state index contributed by atoms with van der Waals surface area (Å²) < 4.78 is 5.76. The highest BCUT2D eigenvalue weighted by molar-refractivity contribution is 5.09. The van der Waals surface area contributed by atoms with Crippen molar-refractivity contribution in [1.29, 1.82) is 0 Å². The van der Waals surface area contributed by atoms with E-state index >= 15 is 0 Å². The largest absolute Gasteiger partial charge is 0.389 e. The Labute approximate surface area is 121 Å². The van der Waals surface area contributed by atoms with E-state index in [1.165, 1.54) is 24.8 Å². The molecule has 1 unspecified atom stereocenters.